The van der Waals surface area contributed by atoms with E-state index < -0.39 is 5.82 Å². The van der Waals surface area contributed by atoms with Crippen LogP contribution < -0.4 is 11.1 Å². The predicted octanol–water partition coefficient (Wildman–Crippen LogP) is 3.17. The second kappa shape index (κ2) is 4.59. The summed E-state index contributed by atoms with van der Waals surface area (Å²) in [6.07, 6.45) is 2.99. The van der Waals surface area contributed by atoms with E-state index in [0.717, 1.165) is 19.3 Å². The summed E-state index contributed by atoms with van der Waals surface area (Å²) in [5.74, 6) is -0.486. The molecule has 1 amide bonds. The quantitative estimate of drug-likeness (QED) is 0.792. The summed E-state index contributed by atoms with van der Waals surface area (Å²) in [6.45, 7) is 4.19. The number of anilines is 2. The molecular weight excluding hydrogens is 231 g/mol. The Morgan fingerprint density at radius 2 is 2.22 bits per heavy atom. The SMILES string of the molecule is CC1(C)CCCC1C(=O)Nc1cc(F)ccc1N. The van der Waals surface area contributed by atoms with Gasteiger partial charge >= 0.3 is 0 Å². The minimum absolute atomic E-state index is 0.00612. The van der Waals surface area contributed by atoms with Crippen LogP contribution in [-0.4, -0.2) is 5.91 Å². The Kier molecular flexibility index (Phi) is 3.28. The van der Waals surface area contributed by atoms with Gasteiger partial charge in [0.25, 0.3) is 0 Å². The van der Waals surface area contributed by atoms with Crippen molar-refractivity contribution in [1.29, 1.82) is 0 Å². The van der Waals surface area contributed by atoms with Gasteiger partial charge in [-0.3, -0.25) is 4.79 Å². The maximum atomic E-state index is 13.1. The highest BCUT2D eigenvalue weighted by atomic mass is 19.1. The fourth-order valence-electron chi connectivity index (χ4n) is 2.67. The van der Waals surface area contributed by atoms with E-state index in [-0.39, 0.29) is 17.2 Å². The third-order valence-electron chi connectivity index (χ3n) is 3.85. The molecule has 1 fully saturated rings. The van der Waals surface area contributed by atoms with Gasteiger partial charge in [-0.05, 0) is 36.5 Å². The van der Waals surface area contributed by atoms with Crippen LogP contribution in [-0.2, 0) is 4.79 Å². The van der Waals surface area contributed by atoms with Crippen LogP contribution in [0.3, 0.4) is 0 Å². The first-order valence-corrected chi connectivity index (χ1v) is 6.26. The number of halogens is 1. The monoisotopic (exact) mass is 250 g/mol. The molecule has 1 aromatic rings. The molecule has 0 saturated heterocycles. The number of hydrogen-bond donors (Lipinski definition) is 2. The van der Waals surface area contributed by atoms with Crippen molar-refractivity contribution in [3.63, 3.8) is 0 Å². The van der Waals surface area contributed by atoms with Gasteiger partial charge in [0.1, 0.15) is 5.82 Å². The average molecular weight is 250 g/mol. The highest BCUT2D eigenvalue weighted by Gasteiger charge is 2.39. The lowest BCUT2D eigenvalue weighted by molar-refractivity contribution is -0.122. The molecule has 0 heterocycles. The molecule has 0 spiro atoms. The summed E-state index contributed by atoms with van der Waals surface area (Å²) in [4.78, 5) is 12.2. The summed E-state index contributed by atoms with van der Waals surface area (Å²) in [6, 6.07) is 4.00. The second-order valence-electron chi connectivity index (χ2n) is 5.65. The third-order valence-corrected chi connectivity index (χ3v) is 3.85. The molecule has 1 unspecified atom stereocenters. The molecule has 1 saturated carbocycles. The molecule has 98 valence electrons. The number of nitrogens with two attached hydrogens (primary N) is 1. The van der Waals surface area contributed by atoms with Crippen molar-refractivity contribution in [2.75, 3.05) is 11.1 Å². The van der Waals surface area contributed by atoms with E-state index in [2.05, 4.69) is 19.2 Å². The first-order chi connectivity index (χ1) is 8.40. The summed E-state index contributed by atoms with van der Waals surface area (Å²) in [7, 11) is 0. The smallest absolute Gasteiger partial charge is 0.228 e. The normalized spacial score (nSPS) is 21.8. The number of amides is 1. The fourth-order valence-corrected chi connectivity index (χ4v) is 2.67. The predicted molar refractivity (Wildman–Crippen MR) is 70.6 cm³/mol. The van der Waals surface area contributed by atoms with Gasteiger partial charge in [-0.15, -0.1) is 0 Å². The van der Waals surface area contributed by atoms with E-state index in [1.165, 1.54) is 18.2 Å². The van der Waals surface area contributed by atoms with Crippen LogP contribution in [0.15, 0.2) is 18.2 Å². The molecule has 3 nitrogen and oxygen atoms in total. The number of nitrogens with one attached hydrogen (secondary N) is 1. The molecule has 3 N–H and O–H groups in total. The van der Waals surface area contributed by atoms with Crippen molar-refractivity contribution in [3.05, 3.63) is 24.0 Å². The molecule has 18 heavy (non-hydrogen) atoms. The molecule has 4 heteroatoms. The summed E-state index contributed by atoms with van der Waals surface area (Å²) in [5, 5.41) is 2.74. The number of rotatable bonds is 2. The Hall–Kier alpha value is -1.58. The molecule has 1 aliphatic rings. The average Bonchev–Trinajstić information content (AvgIpc) is 2.63. The summed E-state index contributed by atoms with van der Waals surface area (Å²) in [5.41, 5.74) is 6.48. The molecule has 1 atom stereocenters. The van der Waals surface area contributed by atoms with Crippen LogP contribution >= 0.6 is 0 Å². The molecule has 2 rings (SSSR count). The van der Waals surface area contributed by atoms with Crippen molar-refractivity contribution in [2.24, 2.45) is 11.3 Å². The van der Waals surface area contributed by atoms with Crippen molar-refractivity contribution >= 4 is 17.3 Å². The summed E-state index contributed by atoms with van der Waals surface area (Å²) < 4.78 is 13.1. The number of carbonyl (C=O) groups excluding carboxylic acids is 1. The lowest BCUT2D eigenvalue weighted by atomic mass is 9.81. The van der Waals surface area contributed by atoms with Crippen LogP contribution in [0.25, 0.3) is 0 Å². The van der Waals surface area contributed by atoms with E-state index in [1.54, 1.807) is 0 Å². The van der Waals surface area contributed by atoms with Crippen molar-refractivity contribution in [2.45, 2.75) is 33.1 Å². The van der Waals surface area contributed by atoms with E-state index in [4.69, 9.17) is 5.73 Å². The van der Waals surface area contributed by atoms with Crippen LogP contribution in [0.4, 0.5) is 15.8 Å². The number of carbonyl (C=O) groups is 1. The Morgan fingerprint density at radius 1 is 1.50 bits per heavy atom. The van der Waals surface area contributed by atoms with Crippen LogP contribution in [0.5, 0.6) is 0 Å². The van der Waals surface area contributed by atoms with Crippen molar-refractivity contribution in [1.82, 2.24) is 0 Å². The van der Waals surface area contributed by atoms with E-state index in [1.807, 2.05) is 0 Å². The largest absolute Gasteiger partial charge is 0.397 e. The molecule has 0 radical (unpaired) electrons. The highest BCUT2D eigenvalue weighted by molar-refractivity contribution is 5.95. The molecular formula is C14H19FN2O. The Bertz CT molecular complexity index is 471. The number of hydrogen-bond acceptors (Lipinski definition) is 2. The van der Waals surface area contributed by atoms with Gasteiger partial charge in [0, 0.05) is 5.92 Å². The maximum absolute atomic E-state index is 13.1. The highest BCUT2D eigenvalue weighted by Crippen LogP contribution is 2.43. The van der Waals surface area contributed by atoms with Gasteiger partial charge in [0.05, 0.1) is 11.4 Å². The minimum atomic E-state index is -0.398. The van der Waals surface area contributed by atoms with E-state index in [9.17, 15) is 9.18 Å². The first-order valence-electron chi connectivity index (χ1n) is 6.26. The molecule has 1 aliphatic carbocycles. The lowest BCUT2D eigenvalue weighted by Gasteiger charge is -2.26. The summed E-state index contributed by atoms with van der Waals surface area (Å²) >= 11 is 0. The van der Waals surface area contributed by atoms with Crippen molar-refractivity contribution < 1.29 is 9.18 Å². The van der Waals surface area contributed by atoms with Gasteiger partial charge in [0.15, 0.2) is 0 Å². The molecule has 0 bridgehead atoms. The molecule has 1 aromatic carbocycles. The van der Waals surface area contributed by atoms with Crippen molar-refractivity contribution in [3.8, 4) is 0 Å². The zero-order chi connectivity index (χ0) is 13.3. The van der Waals surface area contributed by atoms with E-state index >= 15 is 0 Å². The molecule has 0 aromatic heterocycles. The first kappa shape index (κ1) is 12.9. The van der Waals surface area contributed by atoms with Gasteiger partial charge < -0.3 is 11.1 Å². The lowest BCUT2D eigenvalue weighted by Crippen LogP contribution is -2.31. The number of nitrogen functional groups attached to an aromatic ring is 1. The Balaban J connectivity index is 2.14. The zero-order valence-electron chi connectivity index (χ0n) is 10.8. The topological polar surface area (TPSA) is 55.1 Å². The standard InChI is InChI=1S/C14H19FN2O/c1-14(2)7-3-4-10(14)13(18)17-12-8-9(15)5-6-11(12)16/h5-6,8,10H,3-4,7,16H2,1-2H3,(H,17,18). The van der Waals surface area contributed by atoms with Gasteiger partial charge in [-0.1, -0.05) is 20.3 Å². The zero-order valence-corrected chi connectivity index (χ0v) is 10.8. The van der Waals surface area contributed by atoms with Gasteiger partial charge in [-0.2, -0.15) is 0 Å². The van der Waals surface area contributed by atoms with Gasteiger partial charge in [-0.25, -0.2) is 4.39 Å². The van der Waals surface area contributed by atoms with Crippen LogP contribution in [0.2, 0.25) is 0 Å². The third kappa shape index (κ3) is 2.47. The maximum Gasteiger partial charge on any atom is 0.228 e. The number of benzene rings is 1. The van der Waals surface area contributed by atoms with Crippen LogP contribution in [0, 0.1) is 17.2 Å². The fraction of sp³-hybridized carbons (Fsp3) is 0.500. The van der Waals surface area contributed by atoms with Crippen LogP contribution in [0.1, 0.15) is 33.1 Å². The van der Waals surface area contributed by atoms with E-state index in [0.29, 0.717) is 11.4 Å². The Morgan fingerprint density at radius 3 is 2.83 bits per heavy atom. The second-order valence-corrected chi connectivity index (χ2v) is 5.65. The van der Waals surface area contributed by atoms with Gasteiger partial charge in [0.2, 0.25) is 5.91 Å². The Labute approximate surface area is 107 Å². The minimum Gasteiger partial charge on any atom is -0.397 e. The molecule has 0 aliphatic heterocycles.